The summed E-state index contributed by atoms with van der Waals surface area (Å²) in [5, 5.41) is 5.41. The molecule has 2 rings (SSSR count). The van der Waals surface area contributed by atoms with E-state index in [0.717, 1.165) is 10.0 Å². The van der Waals surface area contributed by atoms with Crippen molar-refractivity contribution in [3.8, 4) is 5.75 Å². The van der Waals surface area contributed by atoms with Gasteiger partial charge in [-0.25, -0.2) is 4.79 Å². The van der Waals surface area contributed by atoms with E-state index in [-0.39, 0.29) is 0 Å². The highest BCUT2D eigenvalue weighted by Crippen LogP contribution is 2.31. The molecule has 0 spiro atoms. The van der Waals surface area contributed by atoms with E-state index in [1.165, 1.54) is 12.8 Å². The molecule has 21 heavy (non-hydrogen) atoms. The van der Waals surface area contributed by atoms with Crippen molar-refractivity contribution in [3.05, 3.63) is 28.2 Å². The number of rotatable bonds is 6. The molecular weight excluding hydrogens is 338 g/mol. The van der Waals surface area contributed by atoms with Gasteiger partial charge in [0.15, 0.2) is 6.10 Å². The van der Waals surface area contributed by atoms with Gasteiger partial charge < -0.3 is 15.8 Å². The minimum Gasteiger partial charge on any atom is -0.479 e. The summed E-state index contributed by atoms with van der Waals surface area (Å²) in [6.45, 7) is 2.24. The van der Waals surface area contributed by atoms with E-state index in [0.29, 0.717) is 18.3 Å². The third kappa shape index (κ3) is 4.71. The Kier molecular flexibility index (Phi) is 5.19. The standard InChI is InChI=1S/C14H18BrN3O3/c1-8(13(19)18-14(16)20)21-12-9(3-2-4-11(12)15)7-17-10-5-6-10/h2-4,8,10,17H,5-7H2,1H3,(H3,16,18,19,20). The summed E-state index contributed by atoms with van der Waals surface area (Å²) in [5.74, 6) is 0.0251. The number of primary amides is 1. The van der Waals surface area contributed by atoms with Crippen molar-refractivity contribution in [2.45, 2.75) is 38.5 Å². The Morgan fingerprint density at radius 1 is 1.48 bits per heavy atom. The van der Waals surface area contributed by atoms with E-state index in [9.17, 15) is 9.59 Å². The summed E-state index contributed by atoms with van der Waals surface area (Å²) in [6.07, 6.45) is 1.57. The van der Waals surface area contributed by atoms with Crippen LogP contribution in [-0.4, -0.2) is 24.1 Å². The smallest absolute Gasteiger partial charge is 0.318 e. The zero-order chi connectivity index (χ0) is 15.4. The fourth-order valence-corrected chi connectivity index (χ4v) is 2.32. The Hall–Kier alpha value is -1.60. The van der Waals surface area contributed by atoms with Crippen LogP contribution >= 0.6 is 15.9 Å². The fourth-order valence-electron chi connectivity index (χ4n) is 1.82. The molecule has 114 valence electrons. The summed E-state index contributed by atoms with van der Waals surface area (Å²) in [6, 6.07) is 5.38. The second kappa shape index (κ2) is 6.91. The van der Waals surface area contributed by atoms with Gasteiger partial charge in [0.25, 0.3) is 5.91 Å². The predicted octanol–water partition coefficient (Wildman–Crippen LogP) is 1.66. The summed E-state index contributed by atoms with van der Waals surface area (Å²) in [7, 11) is 0. The normalized spacial score (nSPS) is 15.3. The molecule has 1 unspecified atom stereocenters. The van der Waals surface area contributed by atoms with Crippen LogP contribution in [0.4, 0.5) is 4.79 Å². The highest BCUT2D eigenvalue weighted by Gasteiger charge is 2.22. The van der Waals surface area contributed by atoms with Gasteiger partial charge in [-0.15, -0.1) is 0 Å². The summed E-state index contributed by atoms with van der Waals surface area (Å²) in [4.78, 5) is 22.4. The van der Waals surface area contributed by atoms with Crippen LogP contribution in [-0.2, 0) is 11.3 Å². The SMILES string of the molecule is CC(Oc1c(Br)cccc1CNC1CC1)C(=O)NC(N)=O. The molecule has 0 saturated heterocycles. The maximum Gasteiger partial charge on any atom is 0.318 e. The highest BCUT2D eigenvalue weighted by molar-refractivity contribution is 9.10. The number of imide groups is 1. The number of urea groups is 1. The highest BCUT2D eigenvalue weighted by atomic mass is 79.9. The fraction of sp³-hybridized carbons (Fsp3) is 0.429. The summed E-state index contributed by atoms with van der Waals surface area (Å²) < 4.78 is 6.45. The number of carbonyl (C=O) groups is 2. The first-order valence-electron chi connectivity index (χ1n) is 6.75. The zero-order valence-corrected chi connectivity index (χ0v) is 13.3. The van der Waals surface area contributed by atoms with Crippen LogP contribution in [0, 0.1) is 0 Å². The maximum absolute atomic E-state index is 11.7. The Labute approximate surface area is 131 Å². The quantitative estimate of drug-likeness (QED) is 0.723. The third-order valence-corrected chi connectivity index (χ3v) is 3.74. The number of benzene rings is 1. The molecule has 1 fully saturated rings. The van der Waals surface area contributed by atoms with Gasteiger partial charge in [0.1, 0.15) is 5.75 Å². The van der Waals surface area contributed by atoms with Crippen molar-refractivity contribution in [2.24, 2.45) is 5.73 Å². The number of amides is 3. The van der Waals surface area contributed by atoms with Crippen LogP contribution in [0.25, 0.3) is 0 Å². The Balaban J connectivity index is 2.06. The molecule has 0 radical (unpaired) electrons. The molecule has 6 nitrogen and oxygen atoms in total. The molecule has 1 aromatic carbocycles. The van der Waals surface area contributed by atoms with E-state index in [1.54, 1.807) is 6.92 Å². The van der Waals surface area contributed by atoms with Gasteiger partial charge in [0, 0.05) is 18.2 Å². The molecule has 0 bridgehead atoms. The third-order valence-electron chi connectivity index (χ3n) is 3.12. The number of halogens is 1. The van der Waals surface area contributed by atoms with Gasteiger partial charge >= 0.3 is 6.03 Å². The van der Waals surface area contributed by atoms with Crippen LogP contribution in [0.1, 0.15) is 25.3 Å². The maximum atomic E-state index is 11.7. The van der Waals surface area contributed by atoms with Crippen molar-refractivity contribution in [3.63, 3.8) is 0 Å². The molecule has 1 aliphatic rings. The number of nitrogens with two attached hydrogens (primary N) is 1. The summed E-state index contributed by atoms with van der Waals surface area (Å²) >= 11 is 3.42. The number of ether oxygens (including phenoxy) is 1. The predicted molar refractivity (Wildman–Crippen MR) is 81.8 cm³/mol. The molecule has 1 saturated carbocycles. The molecule has 7 heteroatoms. The summed E-state index contributed by atoms with van der Waals surface area (Å²) in [5.41, 5.74) is 5.88. The average Bonchev–Trinajstić information content (AvgIpc) is 3.22. The van der Waals surface area contributed by atoms with Gasteiger partial charge in [-0.2, -0.15) is 0 Å². The monoisotopic (exact) mass is 355 g/mol. The minimum atomic E-state index is -0.891. The van der Waals surface area contributed by atoms with Crippen LogP contribution in [0.5, 0.6) is 5.75 Å². The number of carbonyl (C=O) groups excluding carboxylic acids is 2. The van der Waals surface area contributed by atoms with E-state index in [4.69, 9.17) is 10.5 Å². The average molecular weight is 356 g/mol. The Morgan fingerprint density at radius 2 is 2.19 bits per heavy atom. The lowest BCUT2D eigenvalue weighted by atomic mass is 10.2. The molecule has 0 aliphatic heterocycles. The first-order valence-corrected chi connectivity index (χ1v) is 7.54. The van der Waals surface area contributed by atoms with Crippen LogP contribution < -0.4 is 21.1 Å². The topological polar surface area (TPSA) is 93.4 Å². The van der Waals surface area contributed by atoms with E-state index < -0.39 is 18.0 Å². The number of hydrogen-bond donors (Lipinski definition) is 3. The Bertz CT molecular complexity index is 546. The van der Waals surface area contributed by atoms with Gasteiger partial charge in [0.2, 0.25) is 0 Å². The van der Waals surface area contributed by atoms with Gasteiger partial charge in [0.05, 0.1) is 4.47 Å². The van der Waals surface area contributed by atoms with Crippen molar-refractivity contribution >= 4 is 27.9 Å². The first-order chi connectivity index (χ1) is 9.97. The largest absolute Gasteiger partial charge is 0.479 e. The molecular formula is C14H18BrN3O3. The Morgan fingerprint density at radius 3 is 2.81 bits per heavy atom. The minimum absolute atomic E-state index is 0.570. The second-order valence-electron chi connectivity index (χ2n) is 5.00. The van der Waals surface area contributed by atoms with Gasteiger partial charge in [-0.05, 0) is 41.8 Å². The first kappa shape index (κ1) is 15.8. The molecule has 1 aliphatic carbocycles. The van der Waals surface area contributed by atoms with Crippen molar-refractivity contribution in [1.82, 2.24) is 10.6 Å². The van der Waals surface area contributed by atoms with E-state index >= 15 is 0 Å². The number of hydrogen-bond acceptors (Lipinski definition) is 4. The second-order valence-corrected chi connectivity index (χ2v) is 5.85. The number of para-hydroxylation sites is 1. The molecule has 4 N–H and O–H groups in total. The van der Waals surface area contributed by atoms with E-state index in [2.05, 4.69) is 21.2 Å². The molecule has 0 aromatic heterocycles. The lowest BCUT2D eigenvalue weighted by Crippen LogP contribution is -2.42. The van der Waals surface area contributed by atoms with Crippen molar-refractivity contribution in [1.29, 1.82) is 0 Å². The molecule has 1 aromatic rings. The zero-order valence-electron chi connectivity index (χ0n) is 11.7. The van der Waals surface area contributed by atoms with Gasteiger partial charge in [-0.3, -0.25) is 10.1 Å². The molecule has 1 atom stereocenters. The molecule has 3 amide bonds. The van der Waals surface area contributed by atoms with Gasteiger partial charge in [-0.1, -0.05) is 12.1 Å². The van der Waals surface area contributed by atoms with Crippen molar-refractivity contribution in [2.75, 3.05) is 0 Å². The van der Waals surface area contributed by atoms with E-state index in [1.807, 2.05) is 23.5 Å². The molecule has 0 heterocycles. The lowest BCUT2D eigenvalue weighted by molar-refractivity contribution is -0.126. The van der Waals surface area contributed by atoms with Crippen LogP contribution in [0.15, 0.2) is 22.7 Å². The van der Waals surface area contributed by atoms with Crippen LogP contribution in [0.2, 0.25) is 0 Å². The lowest BCUT2D eigenvalue weighted by Gasteiger charge is -2.18. The van der Waals surface area contributed by atoms with Crippen molar-refractivity contribution < 1.29 is 14.3 Å². The van der Waals surface area contributed by atoms with Crippen LogP contribution in [0.3, 0.4) is 0 Å². The number of nitrogens with one attached hydrogen (secondary N) is 2.